The summed E-state index contributed by atoms with van der Waals surface area (Å²) in [5.74, 6) is 0.386. The highest BCUT2D eigenvalue weighted by Gasteiger charge is 2.69. The van der Waals surface area contributed by atoms with E-state index in [4.69, 9.17) is 14.2 Å². The van der Waals surface area contributed by atoms with Gasteiger partial charge in [0.05, 0.1) is 30.8 Å². The number of allylic oxidation sites excluding steroid dienone is 3. The zero-order chi connectivity index (χ0) is 17.3. The smallest absolute Gasteiger partial charge is 0.108 e. The van der Waals surface area contributed by atoms with Crippen LogP contribution in [0, 0.1) is 25.2 Å². The Labute approximate surface area is 149 Å². The number of benzene rings is 1. The fraction of sp³-hybridized carbons (Fsp3) is 0.545. The van der Waals surface area contributed by atoms with Crippen LogP contribution in [0.5, 0.6) is 0 Å². The molecule has 1 aliphatic carbocycles. The summed E-state index contributed by atoms with van der Waals surface area (Å²) in [5, 5.41) is 0. The fourth-order valence-corrected chi connectivity index (χ4v) is 5.30. The summed E-state index contributed by atoms with van der Waals surface area (Å²) >= 11 is 0. The van der Waals surface area contributed by atoms with Crippen molar-refractivity contribution in [1.82, 2.24) is 0 Å². The summed E-state index contributed by atoms with van der Waals surface area (Å²) in [4.78, 5) is 0. The molecule has 0 saturated carbocycles. The van der Waals surface area contributed by atoms with E-state index in [1.165, 1.54) is 27.8 Å². The SMILES string of the molecule is CC1=CC(c2cc(C)cc(C)c2)=CC(C)C12C1OC1COCC1OC12. The third kappa shape index (κ3) is 2.29. The monoisotopic (exact) mass is 338 g/mol. The molecular weight excluding hydrogens is 312 g/mol. The van der Waals surface area contributed by atoms with Gasteiger partial charge in [-0.15, -0.1) is 0 Å². The number of fused-ring (bicyclic) bond motifs is 4. The van der Waals surface area contributed by atoms with Crippen molar-refractivity contribution < 1.29 is 14.2 Å². The van der Waals surface area contributed by atoms with Gasteiger partial charge in [0.15, 0.2) is 0 Å². The molecule has 132 valence electrons. The first kappa shape index (κ1) is 15.8. The normalized spacial score (nSPS) is 41.8. The summed E-state index contributed by atoms with van der Waals surface area (Å²) in [6, 6.07) is 6.80. The first-order valence-corrected chi connectivity index (χ1v) is 9.38. The lowest BCUT2D eigenvalue weighted by atomic mass is 9.61. The van der Waals surface area contributed by atoms with E-state index in [1.807, 2.05) is 0 Å². The van der Waals surface area contributed by atoms with Crippen LogP contribution in [-0.4, -0.2) is 37.6 Å². The van der Waals surface area contributed by atoms with Gasteiger partial charge in [-0.2, -0.15) is 0 Å². The Morgan fingerprint density at radius 2 is 1.52 bits per heavy atom. The summed E-state index contributed by atoms with van der Waals surface area (Å²) < 4.78 is 17.9. The van der Waals surface area contributed by atoms with E-state index in [0.29, 0.717) is 19.1 Å². The number of hydrogen-bond donors (Lipinski definition) is 0. The van der Waals surface area contributed by atoms with Crippen LogP contribution in [0.1, 0.15) is 30.5 Å². The fourth-order valence-electron chi connectivity index (χ4n) is 5.30. The Bertz CT molecular complexity index is 752. The maximum atomic E-state index is 6.07. The van der Waals surface area contributed by atoms with Gasteiger partial charge in [-0.3, -0.25) is 0 Å². The average molecular weight is 338 g/mol. The van der Waals surface area contributed by atoms with Gasteiger partial charge in [0.2, 0.25) is 0 Å². The van der Waals surface area contributed by atoms with Crippen LogP contribution in [0.3, 0.4) is 0 Å². The molecule has 3 saturated heterocycles. The second-order valence-electron chi connectivity index (χ2n) is 8.28. The second kappa shape index (κ2) is 5.29. The van der Waals surface area contributed by atoms with Crippen molar-refractivity contribution in [2.24, 2.45) is 11.3 Å². The lowest BCUT2D eigenvalue weighted by Crippen LogP contribution is -2.45. The molecule has 3 nitrogen and oxygen atoms in total. The van der Waals surface area contributed by atoms with Gasteiger partial charge < -0.3 is 14.2 Å². The molecule has 3 aliphatic heterocycles. The van der Waals surface area contributed by atoms with Crippen LogP contribution in [0.2, 0.25) is 0 Å². The molecule has 5 atom stereocenters. The third-order valence-electron chi connectivity index (χ3n) is 6.46. The Morgan fingerprint density at radius 1 is 0.920 bits per heavy atom. The number of aryl methyl sites for hydroxylation is 2. The highest BCUT2D eigenvalue weighted by Crippen LogP contribution is 2.61. The van der Waals surface area contributed by atoms with Crippen LogP contribution in [0.4, 0.5) is 0 Å². The van der Waals surface area contributed by atoms with Gasteiger partial charge in [-0.25, -0.2) is 0 Å². The molecule has 3 heteroatoms. The van der Waals surface area contributed by atoms with Crippen molar-refractivity contribution >= 4 is 5.57 Å². The van der Waals surface area contributed by atoms with Gasteiger partial charge in [0, 0.05) is 0 Å². The largest absolute Gasteiger partial charge is 0.376 e. The topological polar surface area (TPSA) is 34.3 Å². The minimum Gasteiger partial charge on any atom is -0.376 e. The van der Waals surface area contributed by atoms with Crippen LogP contribution >= 0.6 is 0 Å². The molecule has 5 rings (SSSR count). The van der Waals surface area contributed by atoms with E-state index in [2.05, 4.69) is 58.0 Å². The molecule has 25 heavy (non-hydrogen) atoms. The maximum absolute atomic E-state index is 6.07. The van der Waals surface area contributed by atoms with Crippen molar-refractivity contribution in [3.05, 3.63) is 52.6 Å². The van der Waals surface area contributed by atoms with E-state index in [1.54, 1.807) is 0 Å². The van der Waals surface area contributed by atoms with Gasteiger partial charge in [0.25, 0.3) is 0 Å². The number of ether oxygens (including phenoxy) is 3. The molecule has 0 radical (unpaired) electrons. The average Bonchev–Trinajstić information content (AvgIpc) is 3.44. The molecule has 0 aromatic heterocycles. The summed E-state index contributed by atoms with van der Waals surface area (Å²) in [7, 11) is 0. The summed E-state index contributed by atoms with van der Waals surface area (Å²) in [6.45, 7) is 10.3. The lowest BCUT2D eigenvalue weighted by molar-refractivity contribution is 0.101. The zero-order valence-electron chi connectivity index (χ0n) is 15.4. The highest BCUT2D eigenvalue weighted by atomic mass is 16.7. The minimum atomic E-state index is -0.0263. The molecule has 3 fully saturated rings. The zero-order valence-corrected chi connectivity index (χ0v) is 15.4. The van der Waals surface area contributed by atoms with Crippen molar-refractivity contribution in [2.45, 2.75) is 52.1 Å². The van der Waals surface area contributed by atoms with E-state index >= 15 is 0 Å². The molecule has 4 aliphatic rings. The van der Waals surface area contributed by atoms with E-state index in [-0.39, 0.29) is 29.8 Å². The summed E-state index contributed by atoms with van der Waals surface area (Å²) in [5.41, 5.74) is 6.65. The molecule has 1 spiro atoms. The quantitative estimate of drug-likeness (QED) is 0.730. The molecule has 1 aromatic carbocycles. The van der Waals surface area contributed by atoms with E-state index in [0.717, 1.165) is 0 Å². The molecule has 1 aromatic rings. The van der Waals surface area contributed by atoms with Crippen molar-refractivity contribution in [3.63, 3.8) is 0 Å². The Morgan fingerprint density at radius 3 is 2.08 bits per heavy atom. The molecule has 0 amide bonds. The molecule has 3 heterocycles. The molecular formula is C22H26O3. The Balaban J connectivity index is 1.56. The van der Waals surface area contributed by atoms with Crippen molar-refractivity contribution in [2.75, 3.05) is 13.2 Å². The first-order chi connectivity index (χ1) is 12.0. The Kier molecular flexibility index (Phi) is 3.35. The van der Waals surface area contributed by atoms with Gasteiger partial charge in [-0.05, 0) is 37.8 Å². The predicted molar refractivity (Wildman–Crippen MR) is 97.4 cm³/mol. The predicted octanol–water partition coefficient (Wildman–Crippen LogP) is 3.83. The number of epoxide rings is 2. The van der Waals surface area contributed by atoms with E-state index in [9.17, 15) is 0 Å². The maximum Gasteiger partial charge on any atom is 0.108 e. The van der Waals surface area contributed by atoms with Crippen LogP contribution in [-0.2, 0) is 14.2 Å². The van der Waals surface area contributed by atoms with Gasteiger partial charge >= 0.3 is 0 Å². The second-order valence-corrected chi connectivity index (χ2v) is 8.28. The number of hydrogen-bond acceptors (Lipinski definition) is 3. The van der Waals surface area contributed by atoms with Crippen LogP contribution < -0.4 is 0 Å². The third-order valence-corrected chi connectivity index (χ3v) is 6.46. The first-order valence-electron chi connectivity index (χ1n) is 9.38. The van der Waals surface area contributed by atoms with Crippen LogP contribution in [0.15, 0.2) is 35.9 Å². The molecule has 0 bridgehead atoms. The molecule has 0 N–H and O–H groups in total. The summed E-state index contributed by atoms with van der Waals surface area (Å²) in [6.07, 6.45) is 5.71. The van der Waals surface area contributed by atoms with Gasteiger partial charge in [0.1, 0.15) is 12.2 Å². The lowest BCUT2D eigenvalue weighted by Gasteiger charge is -2.41. The highest BCUT2D eigenvalue weighted by molar-refractivity contribution is 5.77. The molecule has 5 unspecified atom stereocenters. The Hall–Kier alpha value is -1.42. The standard InChI is InChI=1S/C22H26O3/c1-12-5-13(2)7-16(6-12)17-8-14(3)22(15(4)9-17)20-18(24-20)10-23-11-19-21(22)25-19/h5-9,14,18-21H,10-11H2,1-4H3. The number of rotatable bonds is 1. The van der Waals surface area contributed by atoms with Crippen molar-refractivity contribution in [3.8, 4) is 0 Å². The van der Waals surface area contributed by atoms with Gasteiger partial charge in [-0.1, -0.05) is 54.0 Å². The van der Waals surface area contributed by atoms with E-state index < -0.39 is 0 Å². The van der Waals surface area contributed by atoms with Crippen molar-refractivity contribution in [1.29, 1.82) is 0 Å². The minimum absolute atomic E-state index is 0.0263. The van der Waals surface area contributed by atoms with Crippen LogP contribution in [0.25, 0.3) is 5.57 Å².